The average Bonchev–Trinajstić information content (AvgIpc) is 3.02. The second kappa shape index (κ2) is 15.6. The number of hydrogen-bond acceptors (Lipinski definition) is 4. The van der Waals surface area contributed by atoms with Crippen LogP contribution in [0.5, 0.6) is 0 Å². The lowest BCUT2D eigenvalue weighted by atomic mass is 10.0. The van der Waals surface area contributed by atoms with Gasteiger partial charge < -0.3 is 10.2 Å². The Morgan fingerprint density at radius 2 is 1.51 bits per heavy atom. The molecular formula is C34H34Cl3N3O4S. The van der Waals surface area contributed by atoms with E-state index in [4.69, 9.17) is 34.8 Å². The predicted molar refractivity (Wildman–Crippen MR) is 181 cm³/mol. The highest BCUT2D eigenvalue weighted by molar-refractivity contribution is 7.92. The fraction of sp³-hybridized carbons (Fsp3) is 0.235. The van der Waals surface area contributed by atoms with Gasteiger partial charge in [0.15, 0.2) is 0 Å². The molecule has 236 valence electrons. The van der Waals surface area contributed by atoms with E-state index < -0.39 is 28.5 Å². The number of hydrogen-bond donors (Lipinski definition) is 1. The van der Waals surface area contributed by atoms with Crippen molar-refractivity contribution in [1.82, 2.24) is 10.2 Å². The number of nitrogens with zero attached hydrogens (tertiary/aromatic N) is 2. The van der Waals surface area contributed by atoms with Crippen molar-refractivity contribution in [1.29, 1.82) is 0 Å². The van der Waals surface area contributed by atoms with Crippen molar-refractivity contribution in [3.63, 3.8) is 0 Å². The molecule has 1 N–H and O–H groups in total. The summed E-state index contributed by atoms with van der Waals surface area (Å²) in [5, 5.41) is 3.75. The van der Waals surface area contributed by atoms with Gasteiger partial charge in [0.25, 0.3) is 10.0 Å². The number of amides is 2. The Labute approximate surface area is 279 Å². The third-order valence-corrected chi connectivity index (χ3v) is 9.90. The number of sulfonamides is 1. The zero-order valence-corrected chi connectivity index (χ0v) is 28.0. The molecule has 0 spiro atoms. The summed E-state index contributed by atoms with van der Waals surface area (Å²) in [5.41, 5.74) is 2.54. The molecule has 4 aromatic carbocycles. The third-order valence-electron chi connectivity index (χ3n) is 7.14. The predicted octanol–water partition coefficient (Wildman–Crippen LogP) is 7.32. The van der Waals surface area contributed by atoms with Crippen LogP contribution in [-0.2, 0) is 32.6 Å². The van der Waals surface area contributed by atoms with Crippen LogP contribution >= 0.6 is 34.8 Å². The average molecular weight is 687 g/mol. The molecule has 7 nitrogen and oxygen atoms in total. The zero-order chi connectivity index (χ0) is 32.6. The number of carbonyl (C=O) groups excluding carboxylic acids is 2. The van der Waals surface area contributed by atoms with Gasteiger partial charge in [0.2, 0.25) is 11.8 Å². The van der Waals surface area contributed by atoms with Gasteiger partial charge in [-0.1, -0.05) is 102 Å². The molecule has 45 heavy (non-hydrogen) atoms. The lowest BCUT2D eigenvalue weighted by molar-refractivity contribution is -0.140. The van der Waals surface area contributed by atoms with Crippen LogP contribution in [0.25, 0.3) is 0 Å². The Morgan fingerprint density at radius 1 is 0.822 bits per heavy atom. The van der Waals surface area contributed by atoms with E-state index in [-0.39, 0.29) is 39.5 Å². The summed E-state index contributed by atoms with van der Waals surface area (Å²) < 4.78 is 29.2. The van der Waals surface area contributed by atoms with Crippen LogP contribution in [0.2, 0.25) is 15.1 Å². The Balaban J connectivity index is 1.81. The maximum Gasteiger partial charge on any atom is 0.264 e. The van der Waals surface area contributed by atoms with Crippen molar-refractivity contribution >= 4 is 62.3 Å². The molecule has 0 saturated heterocycles. The maximum atomic E-state index is 14.5. The van der Waals surface area contributed by atoms with Gasteiger partial charge in [0.1, 0.15) is 12.6 Å². The van der Waals surface area contributed by atoms with Crippen LogP contribution < -0.4 is 9.62 Å². The van der Waals surface area contributed by atoms with Gasteiger partial charge in [-0.2, -0.15) is 0 Å². The van der Waals surface area contributed by atoms with Gasteiger partial charge in [0, 0.05) is 24.5 Å². The van der Waals surface area contributed by atoms with Crippen molar-refractivity contribution in [3.05, 3.63) is 129 Å². The largest absolute Gasteiger partial charge is 0.354 e. The van der Waals surface area contributed by atoms with E-state index in [9.17, 15) is 18.0 Å². The molecule has 0 fully saturated rings. The maximum absolute atomic E-state index is 14.5. The number of carbonyl (C=O) groups is 2. The Morgan fingerprint density at radius 3 is 2.16 bits per heavy atom. The molecule has 11 heteroatoms. The number of rotatable bonds is 13. The first-order chi connectivity index (χ1) is 21.5. The first kappa shape index (κ1) is 34.3. The molecule has 0 aliphatic heterocycles. The summed E-state index contributed by atoms with van der Waals surface area (Å²) in [4.78, 5) is 29.6. The number of anilines is 1. The summed E-state index contributed by atoms with van der Waals surface area (Å²) in [6.07, 6.45) is 0.909. The monoisotopic (exact) mass is 685 g/mol. The standard InChI is InChI=1S/C34H34Cl3N3O4S/c1-3-18-38-34(42)32(20-25-8-5-4-6-9-25)39(22-26-10-7-11-27(35)19-26)33(41)23-40(28-14-17-30(36)31(37)21-28)45(43,44)29-15-12-24(2)13-16-29/h4-17,19,21,32H,3,18,20,22-23H2,1-2H3,(H,38,42)/t32-/m0/s1. The molecular weight excluding hydrogens is 653 g/mol. The fourth-order valence-corrected chi connectivity index (χ4v) is 6.67. The quantitative estimate of drug-likeness (QED) is 0.160. The van der Waals surface area contributed by atoms with E-state index in [0.717, 1.165) is 15.4 Å². The fourth-order valence-electron chi connectivity index (χ4n) is 4.76. The topological polar surface area (TPSA) is 86.8 Å². The normalized spacial score (nSPS) is 11.9. The smallest absolute Gasteiger partial charge is 0.264 e. The van der Waals surface area contributed by atoms with E-state index in [1.807, 2.05) is 44.2 Å². The number of halogens is 3. The Bertz CT molecular complexity index is 1740. The zero-order valence-electron chi connectivity index (χ0n) is 24.9. The molecule has 0 aliphatic rings. The molecule has 0 unspecified atom stereocenters. The highest BCUT2D eigenvalue weighted by Gasteiger charge is 2.34. The minimum Gasteiger partial charge on any atom is -0.354 e. The van der Waals surface area contributed by atoms with E-state index in [1.165, 1.54) is 35.2 Å². The first-order valence-corrected chi connectivity index (χ1v) is 17.0. The lowest BCUT2D eigenvalue weighted by Crippen LogP contribution is -2.53. The van der Waals surface area contributed by atoms with Gasteiger partial charge in [0.05, 0.1) is 20.6 Å². The number of aryl methyl sites for hydroxylation is 1. The Hall–Kier alpha value is -3.56. The Kier molecular flexibility index (Phi) is 11.9. The molecule has 0 bridgehead atoms. The van der Waals surface area contributed by atoms with Crippen LogP contribution in [0.3, 0.4) is 0 Å². The molecule has 0 aliphatic carbocycles. The van der Waals surface area contributed by atoms with Crippen LogP contribution in [0.15, 0.2) is 102 Å². The molecule has 4 rings (SSSR count). The molecule has 0 aromatic heterocycles. The van der Waals surface area contributed by atoms with Gasteiger partial charge in [-0.25, -0.2) is 8.42 Å². The van der Waals surface area contributed by atoms with E-state index in [1.54, 1.807) is 36.4 Å². The van der Waals surface area contributed by atoms with Crippen LogP contribution in [-0.4, -0.2) is 44.3 Å². The minimum atomic E-state index is -4.27. The highest BCUT2D eigenvalue weighted by atomic mass is 35.5. The minimum absolute atomic E-state index is 0.00473. The SMILES string of the molecule is CCCNC(=O)[C@H](Cc1ccccc1)N(Cc1cccc(Cl)c1)C(=O)CN(c1ccc(Cl)c(Cl)c1)S(=O)(=O)c1ccc(C)cc1. The van der Waals surface area contributed by atoms with Gasteiger partial charge in [-0.05, 0) is 66.9 Å². The first-order valence-electron chi connectivity index (χ1n) is 14.4. The van der Waals surface area contributed by atoms with Crippen LogP contribution in [0.1, 0.15) is 30.0 Å². The molecule has 4 aromatic rings. The molecule has 2 amide bonds. The van der Waals surface area contributed by atoms with Crippen molar-refractivity contribution in [2.75, 3.05) is 17.4 Å². The lowest BCUT2D eigenvalue weighted by Gasteiger charge is -2.34. The van der Waals surface area contributed by atoms with Crippen LogP contribution in [0.4, 0.5) is 5.69 Å². The van der Waals surface area contributed by atoms with Gasteiger partial charge >= 0.3 is 0 Å². The molecule has 0 radical (unpaired) electrons. The van der Waals surface area contributed by atoms with E-state index >= 15 is 0 Å². The van der Waals surface area contributed by atoms with Crippen molar-refractivity contribution < 1.29 is 18.0 Å². The van der Waals surface area contributed by atoms with Crippen LogP contribution in [0, 0.1) is 6.92 Å². The summed E-state index contributed by atoms with van der Waals surface area (Å²) in [6, 6.07) is 26.1. The van der Waals surface area contributed by atoms with Gasteiger partial charge in [-0.15, -0.1) is 0 Å². The van der Waals surface area contributed by atoms with Crippen molar-refractivity contribution in [2.45, 2.75) is 44.2 Å². The molecule has 0 saturated carbocycles. The summed E-state index contributed by atoms with van der Waals surface area (Å²) in [6.45, 7) is 3.60. The summed E-state index contributed by atoms with van der Waals surface area (Å²) >= 11 is 18.8. The third kappa shape index (κ3) is 9.01. The van der Waals surface area contributed by atoms with Crippen molar-refractivity contribution in [2.24, 2.45) is 0 Å². The van der Waals surface area contributed by atoms with E-state index in [0.29, 0.717) is 23.6 Å². The molecule has 1 atom stereocenters. The second-order valence-electron chi connectivity index (χ2n) is 10.6. The van der Waals surface area contributed by atoms with Crippen molar-refractivity contribution in [3.8, 4) is 0 Å². The van der Waals surface area contributed by atoms with Gasteiger partial charge in [-0.3, -0.25) is 13.9 Å². The number of benzene rings is 4. The summed E-state index contributed by atoms with van der Waals surface area (Å²) in [5.74, 6) is -0.942. The second-order valence-corrected chi connectivity index (χ2v) is 13.7. The summed E-state index contributed by atoms with van der Waals surface area (Å²) in [7, 11) is -4.27. The highest BCUT2D eigenvalue weighted by Crippen LogP contribution is 2.31. The van der Waals surface area contributed by atoms with E-state index in [2.05, 4.69) is 5.32 Å². The number of nitrogens with one attached hydrogen (secondary N) is 1. The molecule has 0 heterocycles.